The van der Waals surface area contributed by atoms with Gasteiger partial charge in [-0.05, 0) is 31.0 Å². The fourth-order valence-electron chi connectivity index (χ4n) is 1.57. The van der Waals surface area contributed by atoms with E-state index in [1.54, 1.807) is 0 Å². The second-order valence-electron chi connectivity index (χ2n) is 4.42. The van der Waals surface area contributed by atoms with Gasteiger partial charge in [0.1, 0.15) is 0 Å². The summed E-state index contributed by atoms with van der Waals surface area (Å²) in [5.41, 5.74) is 7.27. The van der Waals surface area contributed by atoms with Crippen LogP contribution in [0.4, 0.5) is 10.5 Å². The van der Waals surface area contributed by atoms with E-state index >= 15 is 0 Å². The Labute approximate surface area is 114 Å². The normalized spacial score (nSPS) is 11.9. The van der Waals surface area contributed by atoms with Crippen molar-refractivity contribution in [3.63, 3.8) is 0 Å². The van der Waals surface area contributed by atoms with Gasteiger partial charge in [-0.1, -0.05) is 19.1 Å². The number of nitrogens with one attached hydrogen (secondary N) is 2. The molecule has 0 fully saturated rings. The molecule has 0 aliphatic rings. The number of rotatable bonds is 7. The van der Waals surface area contributed by atoms with Gasteiger partial charge in [0.25, 0.3) is 0 Å². The molecule has 0 aliphatic heterocycles. The number of hydrogen-bond acceptors (Lipinski definition) is 3. The molecule has 0 aliphatic carbocycles. The molecule has 5 nitrogen and oxygen atoms in total. The fourth-order valence-corrected chi connectivity index (χ4v) is 1.57. The van der Waals surface area contributed by atoms with Crippen LogP contribution in [0.1, 0.15) is 25.8 Å². The maximum Gasteiger partial charge on any atom is 0.319 e. The first-order chi connectivity index (χ1) is 9.15. The average Bonchev–Trinajstić information content (AvgIpc) is 2.43. The predicted molar refractivity (Wildman–Crippen MR) is 77.1 cm³/mol. The summed E-state index contributed by atoms with van der Waals surface area (Å²) in [5, 5.41) is 5.54. The smallest absolute Gasteiger partial charge is 0.319 e. The summed E-state index contributed by atoms with van der Waals surface area (Å²) in [7, 11) is 0. The molecule has 1 aromatic carbocycles. The third-order valence-electron chi connectivity index (χ3n) is 2.58. The van der Waals surface area contributed by atoms with Gasteiger partial charge in [-0.25, -0.2) is 4.79 Å². The molecule has 0 spiro atoms. The van der Waals surface area contributed by atoms with E-state index in [0.717, 1.165) is 17.7 Å². The van der Waals surface area contributed by atoms with E-state index in [9.17, 15) is 4.79 Å². The van der Waals surface area contributed by atoms with Crippen molar-refractivity contribution >= 4 is 11.7 Å². The molecule has 2 amide bonds. The van der Waals surface area contributed by atoms with Gasteiger partial charge in [-0.15, -0.1) is 0 Å². The van der Waals surface area contributed by atoms with Crippen molar-refractivity contribution in [3.8, 4) is 0 Å². The zero-order chi connectivity index (χ0) is 14.1. The van der Waals surface area contributed by atoms with Crippen LogP contribution >= 0.6 is 0 Å². The fraction of sp³-hybridized carbons (Fsp3) is 0.500. The van der Waals surface area contributed by atoms with Crippen LogP contribution in [0, 0.1) is 0 Å². The molecule has 1 aromatic rings. The summed E-state index contributed by atoms with van der Waals surface area (Å²) < 4.78 is 5.47. The Kier molecular flexibility index (Phi) is 6.92. The van der Waals surface area contributed by atoms with Crippen LogP contribution in [-0.4, -0.2) is 25.3 Å². The number of ether oxygens (including phenoxy) is 1. The molecule has 0 aromatic heterocycles. The van der Waals surface area contributed by atoms with E-state index < -0.39 is 0 Å². The highest BCUT2D eigenvalue weighted by Crippen LogP contribution is 2.09. The van der Waals surface area contributed by atoms with E-state index in [2.05, 4.69) is 17.6 Å². The molecule has 0 saturated carbocycles. The van der Waals surface area contributed by atoms with Crippen LogP contribution in [-0.2, 0) is 11.3 Å². The minimum Gasteiger partial charge on any atom is -0.377 e. The van der Waals surface area contributed by atoms with Gasteiger partial charge >= 0.3 is 6.03 Å². The highest BCUT2D eigenvalue weighted by Gasteiger charge is 2.05. The quantitative estimate of drug-likeness (QED) is 0.706. The molecule has 19 heavy (non-hydrogen) atoms. The molecular weight excluding hydrogens is 242 g/mol. The maximum absolute atomic E-state index is 11.7. The molecule has 5 heteroatoms. The first-order valence-electron chi connectivity index (χ1n) is 6.61. The number of carbonyl (C=O) groups excluding carboxylic acids is 1. The zero-order valence-electron chi connectivity index (χ0n) is 11.6. The van der Waals surface area contributed by atoms with Crippen molar-refractivity contribution in [3.05, 3.63) is 29.8 Å². The molecule has 0 bridgehead atoms. The van der Waals surface area contributed by atoms with Crippen molar-refractivity contribution in [2.24, 2.45) is 5.73 Å². The van der Waals surface area contributed by atoms with Gasteiger partial charge in [0.05, 0.1) is 6.10 Å². The molecule has 4 N–H and O–H groups in total. The number of amides is 2. The first-order valence-corrected chi connectivity index (χ1v) is 6.61. The summed E-state index contributed by atoms with van der Waals surface area (Å²) in [6.45, 7) is 5.65. The van der Waals surface area contributed by atoms with Crippen molar-refractivity contribution in [1.82, 2.24) is 5.32 Å². The van der Waals surface area contributed by atoms with E-state index in [1.807, 2.05) is 31.2 Å². The van der Waals surface area contributed by atoms with Gasteiger partial charge in [-0.2, -0.15) is 0 Å². The van der Waals surface area contributed by atoms with Gasteiger partial charge in [0.15, 0.2) is 0 Å². The Balaban J connectivity index is 2.34. The Morgan fingerprint density at radius 2 is 2.26 bits per heavy atom. The van der Waals surface area contributed by atoms with Crippen LogP contribution in [0.5, 0.6) is 0 Å². The zero-order valence-corrected chi connectivity index (χ0v) is 11.6. The molecule has 0 radical (unpaired) electrons. The van der Waals surface area contributed by atoms with E-state index in [-0.39, 0.29) is 12.1 Å². The van der Waals surface area contributed by atoms with Crippen LogP contribution in [0.25, 0.3) is 0 Å². The topological polar surface area (TPSA) is 76.4 Å². The Bertz CT molecular complexity index is 396. The van der Waals surface area contributed by atoms with Gasteiger partial charge in [0.2, 0.25) is 0 Å². The summed E-state index contributed by atoms with van der Waals surface area (Å²) >= 11 is 0. The molecule has 1 rings (SSSR count). The molecule has 0 heterocycles. The van der Waals surface area contributed by atoms with Crippen LogP contribution in [0.15, 0.2) is 24.3 Å². The molecule has 106 valence electrons. The molecule has 0 unspecified atom stereocenters. The monoisotopic (exact) mass is 265 g/mol. The maximum atomic E-state index is 11.7. The SMILES string of the molecule is CCCO[C@H](C)CNC(=O)Nc1cccc(CN)c1. The van der Waals surface area contributed by atoms with Crippen molar-refractivity contribution < 1.29 is 9.53 Å². The summed E-state index contributed by atoms with van der Waals surface area (Å²) in [6.07, 6.45) is 0.990. The van der Waals surface area contributed by atoms with Gasteiger partial charge < -0.3 is 21.1 Å². The largest absolute Gasteiger partial charge is 0.377 e. The lowest BCUT2D eigenvalue weighted by Crippen LogP contribution is -2.35. The number of benzene rings is 1. The van der Waals surface area contributed by atoms with Crippen molar-refractivity contribution in [2.45, 2.75) is 32.9 Å². The number of anilines is 1. The van der Waals surface area contributed by atoms with Crippen LogP contribution < -0.4 is 16.4 Å². The Morgan fingerprint density at radius 3 is 2.95 bits per heavy atom. The second-order valence-corrected chi connectivity index (χ2v) is 4.42. The number of hydrogen-bond donors (Lipinski definition) is 3. The van der Waals surface area contributed by atoms with Crippen LogP contribution in [0.3, 0.4) is 0 Å². The lowest BCUT2D eigenvalue weighted by Gasteiger charge is -2.14. The van der Waals surface area contributed by atoms with E-state index in [1.165, 1.54) is 0 Å². The third kappa shape index (κ3) is 6.22. The molecular formula is C14H23N3O2. The van der Waals surface area contributed by atoms with E-state index in [0.29, 0.717) is 19.7 Å². The lowest BCUT2D eigenvalue weighted by atomic mass is 10.2. The predicted octanol–water partition coefficient (Wildman–Crippen LogP) is 2.08. The lowest BCUT2D eigenvalue weighted by molar-refractivity contribution is 0.0682. The second kappa shape index (κ2) is 8.50. The average molecular weight is 265 g/mol. The Morgan fingerprint density at radius 1 is 1.47 bits per heavy atom. The Hall–Kier alpha value is -1.59. The number of nitrogens with two attached hydrogens (primary N) is 1. The number of urea groups is 1. The minimum absolute atomic E-state index is 0.0149. The van der Waals surface area contributed by atoms with Crippen molar-refractivity contribution in [1.29, 1.82) is 0 Å². The number of carbonyl (C=O) groups is 1. The molecule has 1 atom stereocenters. The standard InChI is InChI=1S/C14H23N3O2/c1-3-7-19-11(2)10-16-14(18)17-13-6-4-5-12(8-13)9-15/h4-6,8,11H,3,7,9-10,15H2,1-2H3,(H2,16,17,18)/t11-/m1/s1. The summed E-state index contributed by atoms with van der Waals surface area (Å²) in [5.74, 6) is 0. The summed E-state index contributed by atoms with van der Waals surface area (Å²) in [6, 6.07) is 7.24. The van der Waals surface area contributed by atoms with Gasteiger partial charge in [0, 0.05) is 25.4 Å². The first kappa shape index (κ1) is 15.5. The van der Waals surface area contributed by atoms with E-state index in [4.69, 9.17) is 10.5 Å². The summed E-state index contributed by atoms with van der Waals surface area (Å²) in [4.78, 5) is 11.7. The molecule has 0 saturated heterocycles. The van der Waals surface area contributed by atoms with Crippen LogP contribution in [0.2, 0.25) is 0 Å². The van der Waals surface area contributed by atoms with Crippen molar-refractivity contribution in [2.75, 3.05) is 18.5 Å². The third-order valence-corrected chi connectivity index (χ3v) is 2.58. The minimum atomic E-state index is -0.235. The highest BCUT2D eigenvalue weighted by molar-refractivity contribution is 5.89. The van der Waals surface area contributed by atoms with Gasteiger partial charge in [-0.3, -0.25) is 0 Å². The highest BCUT2D eigenvalue weighted by atomic mass is 16.5.